The topological polar surface area (TPSA) is 9.23 Å². The van der Waals surface area contributed by atoms with Gasteiger partial charge in [0.25, 0.3) is 0 Å². The highest BCUT2D eigenvalue weighted by atomic mass is 19.1. The Morgan fingerprint density at radius 1 is 1.07 bits per heavy atom. The standard InChI is InChI=1S/C13H10FO/c14-12-6-8-13(9-7-12)15-10-11-4-2-1-3-5-11/h1-6,8-9H,10H2. The maximum Gasteiger partial charge on any atom is 0.131 e. The van der Waals surface area contributed by atoms with E-state index >= 15 is 0 Å². The summed E-state index contributed by atoms with van der Waals surface area (Å²) in [5, 5.41) is 0. The molecule has 2 heteroatoms. The third-order valence-electron chi connectivity index (χ3n) is 1.99. The van der Waals surface area contributed by atoms with Gasteiger partial charge in [-0.15, -0.1) is 0 Å². The average Bonchev–Trinajstić information content (AvgIpc) is 2.30. The average molecular weight is 201 g/mol. The molecule has 0 heterocycles. The van der Waals surface area contributed by atoms with Gasteiger partial charge in [0.1, 0.15) is 18.2 Å². The monoisotopic (exact) mass is 201 g/mol. The van der Waals surface area contributed by atoms with E-state index in [9.17, 15) is 4.39 Å². The second-order valence-electron chi connectivity index (χ2n) is 3.15. The van der Waals surface area contributed by atoms with Crippen LogP contribution in [0.2, 0.25) is 0 Å². The molecule has 0 aliphatic carbocycles. The van der Waals surface area contributed by atoms with Gasteiger partial charge in [-0.25, -0.2) is 4.39 Å². The second kappa shape index (κ2) is 4.60. The summed E-state index contributed by atoms with van der Waals surface area (Å²) in [6.45, 7) is 0.486. The van der Waals surface area contributed by atoms with E-state index in [-0.39, 0.29) is 5.82 Å². The van der Waals surface area contributed by atoms with Crippen molar-refractivity contribution in [1.82, 2.24) is 0 Å². The Hall–Kier alpha value is -1.83. The summed E-state index contributed by atoms with van der Waals surface area (Å²) in [6, 6.07) is 16.7. The minimum Gasteiger partial charge on any atom is -0.489 e. The summed E-state index contributed by atoms with van der Waals surface area (Å²) >= 11 is 0. The van der Waals surface area contributed by atoms with E-state index in [4.69, 9.17) is 4.74 Å². The summed E-state index contributed by atoms with van der Waals surface area (Å²) in [6.07, 6.45) is 0. The molecule has 0 unspecified atom stereocenters. The van der Waals surface area contributed by atoms with Crippen LogP contribution in [-0.2, 0) is 6.61 Å². The number of ether oxygens (including phenoxy) is 1. The molecule has 0 spiro atoms. The van der Waals surface area contributed by atoms with Crippen LogP contribution in [-0.4, -0.2) is 0 Å². The number of benzene rings is 2. The van der Waals surface area contributed by atoms with Crippen LogP contribution in [0.15, 0.2) is 48.5 Å². The zero-order valence-electron chi connectivity index (χ0n) is 8.11. The van der Waals surface area contributed by atoms with Crippen LogP contribution in [0.1, 0.15) is 5.56 Å². The Kier molecular flexibility index (Phi) is 2.98. The lowest BCUT2D eigenvalue weighted by molar-refractivity contribution is 0.305. The van der Waals surface area contributed by atoms with Crippen LogP contribution in [0.25, 0.3) is 0 Å². The van der Waals surface area contributed by atoms with Crippen molar-refractivity contribution in [2.75, 3.05) is 0 Å². The molecule has 0 aliphatic heterocycles. The molecule has 2 rings (SSSR count). The van der Waals surface area contributed by atoms with Crippen LogP contribution in [0.4, 0.5) is 4.39 Å². The van der Waals surface area contributed by atoms with Crippen molar-refractivity contribution in [3.05, 3.63) is 66.0 Å². The smallest absolute Gasteiger partial charge is 0.131 e. The Morgan fingerprint density at radius 3 is 2.53 bits per heavy atom. The van der Waals surface area contributed by atoms with E-state index in [0.29, 0.717) is 12.4 Å². The molecule has 0 aliphatic rings. The predicted octanol–water partition coefficient (Wildman–Crippen LogP) is 3.20. The lowest BCUT2D eigenvalue weighted by Crippen LogP contribution is -1.94. The molecule has 0 amide bonds. The summed E-state index contributed by atoms with van der Waals surface area (Å²) in [5.41, 5.74) is 1.09. The van der Waals surface area contributed by atoms with Gasteiger partial charge in [0.2, 0.25) is 0 Å². The van der Waals surface area contributed by atoms with E-state index in [1.165, 1.54) is 12.1 Å². The van der Waals surface area contributed by atoms with Gasteiger partial charge in [-0.2, -0.15) is 0 Å². The van der Waals surface area contributed by atoms with Crippen LogP contribution in [0.3, 0.4) is 0 Å². The van der Waals surface area contributed by atoms with Crippen molar-refractivity contribution >= 4 is 0 Å². The fourth-order valence-electron chi connectivity index (χ4n) is 1.22. The second-order valence-corrected chi connectivity index (χ2v) is 3.15. The number of halogens is 1. The minimum absolute atomic E-state index is 0.373. The number of hydrogen-bond acceptors (Lipinski definition) is 1. The molecule has 1 nitrogen and oxygen atoms in total. The third-order valence-corrected chi connectivity index (χ3v) is 1.99. The third kappa shape index (κ3) is 2.81. The highest BCUT2D eigenvalue weighted by molar-refractivity contribution is 5.22. The fourth-order valence-corrected chi connectivity index (χ4v) is 1.22. The Bertz CT molecular complexity index is 408. The van der Waals surface area contributed by atoms with Crippen LogP contribution >= 0.6 is 0 Å². The first-order valence-corrected chi connectivity index (χ1v) is 4.68. The molecule has 0 N–H and O–H groups in total. The van der Waals surface area contributed by atoms with Crippen molar-refractivity contribution in [2.24, 2.45) is 0 Å². The van der Waals surface area contributed by atoms with Crippen molar-refractivity contribution in [2.45, 2.75) is 6.61 Å². The molecule has 2 aromatic carbocycles. The van der Waals surface area contributed by atoms with Gasteiger partial charge < -0.3 is 4.74 Å². The van der Waals surface area contributed by atoms with E-state index in [1.807, 2.05) is 30.3 Å². The predicted molar refractivity (Wildman–Crippen MR) is 56.0 cm³/mol. The summed E-state index contributed by atoms with van der Waals surface area (Å²) in [5.74, 6) is 0.252. The normalized spacial score (nSPS) is 9.93. The van der Waals surface area contributed by atoms with E-state index in [0.717, 1.165) is 5.56 Å². The largest absolute Gasteiger partial charge is 0.489 e. The Morgan fingerprint density at radius 2 is 1.87 bits per heavy atom. The lowest BCUT2D eigenvalue weighted by atomic mass is 10.2. The highest BCUT2D eigenvalue weighted by Crippen LogP contribution is 2.12. The summed E-state index contributed by atoms with van der Waals surface area (Å²) < 4.78 is 18.0. The molecule has 75 valence electrons. The van der Waals surface area contributed by atoms with Crippen molar-refractivity contribution in [3.63, 3.8) is 0 Å². The van der Waals surface area contributed by atoms with Gasteiger partial charge in [0.15, 0.2) is 0 Å². The van der Waals surface area contributed by atoms with Crippen molar-refractivity contribution in [3.8, 4) is 5.75 Å². The molecular weight excluding hydrogens is 191 g/mol. The first-order chi connectivity index (χ1) is 7.34. The van der Waals surface area contributed by atoms with Gasteiger partial charge in [-0.05, 0) is 23.8 Å². The van der Waals surface area contributed by atoms with E-state index in [2.05, 4.69) is 6.07 Å². The molecule has 0 aromatic heterocycles. The molecule has 2 aromatic rings. The molecule has 15 heavy (non-hydrogen) atoms. The maximum absolute atomic E-state index is 12.5. The minimum atomic E-state index is -0.373. The van der Waals surface area contributed by atoms with E-state index in [1.54, 1.807) is 6.07 Å². The van der Waals surface area contributed by atoms with Crippen molar-refractivity contribution in [1.29, 1.82) is 0 Å². The first kappa shape index (κ1) is 9.71. The molecule has 0 bridgehead atoms. The SMILES string of the molecule is Fc1[c]cc(OCc2ccccc2)cc1. The van der Waals surface area contributed by atoms with E-state index < -0.39 is 0 Å². The Balaban J connectivity index is 1.96. The zero-order valence-corrected chi connectivity index (χ0v) is 8.11. The molecule has 0 fully saturated rings. The van der Waals surface area contributed by atoms with Crippen molar-refractivity contribution < 1.29 is 9.13 Å². The zero-order chi connectivity index (χ0) is 10.5. The maximum atomic E-state index is 12.5. The number of rotatable bonds is 3. The summed E-state index contributed by atoms with van der Waals surface area (Å²) in [7, 11) is 0. The van der Waals surface area contributed by atoms with Crippen LogP contribution in [0.5, 0.6) is 5.75 Å². The van der Waals surface area contributed by atoms with Gasteiger partial charge in [0, 0.05) is 6.07 Å². The molecule has 1 radical (unpaired) electrons. The molecule has 0 saturated heterocycles. The van der Waals surface area contributed by atoms with Crippen LogP contribution < -0.4 is 4.74 Å². The summed E-state index contributed by atoms with van der Waals surface area (Å²) in [4.78, 5) is 0. The van der Waals surface area contributed by atoms with Crippen LogP contribution in [0, 0.1) is 11.9 Å². The van der Waals surface area contributed by atoms with Gasteiger partial charge in [-0.3, -0.25) is 0 Å². The Labute approximate surface area is 88.1 Å². The number of hydrogen-bond donors (Lipinski definition) is 0. The van der Waals surface area contributed by atoms with Gasteiger partial charge >= 0.3 is 0 Å². The fraction of sp³-hybridized carbons (Fsp3) is 0.0769. The quantitative estimate of drug-likeness (QED) is 0.741. The highest BCUT2D eigenvalue weighted by Gasteiger charge is 1.95. The van der Waals surface area contributed by atoms with Gasteiger partial charge in [-0.1, -0.05) is 30.3 Å². The molecular formula is C13H10FO. The molecule has 0 saturated carbocycles. The first-order valence-electron chi connectivity index (χ1n) is 4.68. The lowest BCUT2D eigenvalue weighted by Gasteiger charge is -2.05. The van der Waals surface area contributed by atoms with Gasteiger partial charge in [0.05, 0.1) is 0 Å². The molecule has 0 atom stereocenters.